The summed E-state index contributed by atoms with van der Waals surface area (Å²) in [5, 5.41) is 8.97. The van der Waals surface area contributed by atoms with Gasteiger partial charge in [0.25, 0.3) is 0 Å². The summed E-state index contributed by atoms with van der Waals surface area (Å²) in [4.78, 5) is 12.9. The van der Waals surface area contributed by atoms with E-state index >= 15 is 0 Å². The smallest absolute Gasteiger partial charge is 0.304 e. The van der Waals surface area contributed by atoms with Crippen molar-refractivity contribution < 1.29 is 9.90 Å². The van der Waals surface area contributed by atoms with Gasteiger partial charge in [-0.3, -0.25) is 4.79 Å². The standard InChI is InChI=1S/C18H29NO2/c1-4-5-6-7-8-15-9-11-16(12-10-15)13-17(19(2)3)14-18(20)21/h9-12,17H,4-8,13-14H2,1-3H3,(H,20,21). The number of nitrogens with zero attached hydrogens (tertiary/aromatic N) is 1. The molecule has 0 fully saturated rings. The van der Waals surface area contributed by atoms with Gasteiger partial charge in [0, 0.05) is 6.04 Å². The Morgan fingerprint density at radius 3 is 2.24 bits per heavy atom. The van der Waals surface area contributed by atoms with Crippen LogP contribution < -0.4 is 0 Å². The normalized spacial score (nSPS) is 12.6. The first-order valence-corrected chi connectivity index (χ1v) is 7.99. The average molecular weight is 291 g/mol. The van der Waals surface area contributed by atoms with E-state index in [1.54, 1.807) is 0 Å². The summed E-state index contributed by atoms with van der Waals surface area (Å²) in [7, 11) is 3.88. The number of carbonyl (C=O) groups is 1. The van der Waals surface area contributed by atoms with Crippen LogP contribution in [0.25, 0.3) is 0 Å². The van der Waals surface area contributed by atoms with E-state index in [2.05, 4.69) is 31.2 Å². The number of likely N-dealkylation sites (N-methyl/N-ethyl adjacent to an activating group) is 1. The van der Waals surface area contributed by atoms with E-state index in [9.17, 15) is 4.79 Å². The molecule has 3 nitrogen and oxygen atoms in total. The maximum atomic E-state index is 10.9. The SMILES string of the molecule is CCCCCCc1ccc(CC(CC(=O)O)N(C)C)cc1. The lowest BCUT2D eigenvalue weighted by molar-refractivity contribution is -0.138. The molecule has 0 aliphatic heterocycles. The maximum absolute atomic E-state index is 10.9. The monoisotopic (exact) mass is 291 g/mol. The lowest BCUT2D eigenvalue weighted by atomic mass is 9.99. The second-order valence-corrected chi connectivity index (χ2v) is 6.05. The van der Waals surface area contributed by atoms with Gasteiger partial charge in [0.05, 0.1) is 6.42 Å². The Hall–Kier alpha value is -1.35. The summed E-state index contributed by atoms with van der Waals surface area (Å²) < 4.78 is 0. The molecule has 0 aromatic heterocycles. The minimum Gasteiger partial charge on any atom is -0.481 e. The number of hydrogen-bond acceptors (Lipinski definition) is 2. The highest BCUT2D eigenvalue weighted by molar-refractivity contribution is 5.67. The fourth-order valence-corrected chi connectivity index (χ4v) is 2.51. The third-order valence-electron chi connectivity index (χ3n) is 3.95. The Labute approximate surface area is 129 Å². The van der Waals surface area contributed by atoms with Crippen LogP contribution in [0.1, 0.15) is 50.2 Å². The van der Waals surface area contributed by atoms with Crippen molar-refractivity contribution in [3.63, 3.8) is 0 Å². The lowest BCUT2D eigenvalue weighted by Crippen LogP contribution is -2.32. The maximum Gasteiger partial charge on any atom is 0.304 e. The third-order valence-corrected chi connectivity index (χ3v) is 3.95. The fourth-order valence-electron chi connectivity index (χ4n) is 2.51. The van der Waals surface area contributed by atoms with E-state index in [1.165, 1.54) is 36.8 Å². The van der Waals surface area contributed by atoms with Crippen molar-refractivity contribution in [3.8, 4) is 0 Å². The molecule has 0 aliphatic carbocycles. The Morgan fingerprint density at radius 2 is 1.71 bits per heavy atom. The van der Waals surface area contributed by atoms with Gasteiger partial charge in [-0.2, -0.15) is 0 Å². The summed E-state index contributed by atoms with van der Waals surface area (Å²) >= 11 is 0. The first-order valence-electron chi connectivity index (χ1n) is 7.99. The number of unbranched alkanes of at least 4 members (excludes halogenated alkanes) is 3. The van der Waals surface area contributed by atoms with Crippen molar-refractivity contribution in [1.29, 1.82) is 0 Å². The molecule has 21 heavy (non-hydrogen) atoms. The molecule has 118 valence electrons. The third kappa shape index (κ3) is 7.28. The van der Waals surface area contributed by atoms with Gasteiger partial charge in [0.1, 0.15) is 0 Å². The molecule has 1 rings (SSSR count). The van der Waals surface area contributed by atoms with Gasteiger partial charge >= 0.3 is 5.97 Å². The number of carboxylic acids is 1. The Balaban J connectivity index is 2.50. The molecule has 0 saturated heterocycles. The molecule has 1 unspecified atom stereocenters. The van der Waals surface area contributed by atoms with Crippen molar-refractivity contribution in [2.75, 3.05) is 14.1 Å². The lowest BCUT2D eigenvalue weighted by Gasteiger charge is -2.22. The topological polar surface area (TPSA) is 40.5 Å². The fraction of sp³-hybridized carbons (Fsp3) is 0.611. The molecule has 0 saturated carbocycles. The van der Waals surface area contributed by atoms with E-state index in [1.807, 2.05) is 19.0 Å². The molecule has 1 N–H and O–H groups in total. The second kappa shape index (κ2) is 9.56. The largest absolute Gasteiger partial charge is 0.481 e. The predicted molar refractivity (Wildman–Crippen MR) is 87.7 cm³/mol. The molecule has 0 heterocycles. The van der Waals surface area contributed by atoms with Gasteiger partial charge in [0.2, 0.25) is 0 Å². The van der Waals surface area contributed by atoms with Crippen LogP contribution in [0, 0.1) is 0 Å². The highest BCUT2D eigenvalue weighted by Crippen LogP contribution is 2.13. The first-order chi connectivity index (χ1) is 10.0. The zero-order chi connectivity index (χ0) is 15.7. The molecule has 0 amide bonds. The molecule has 1 aromatic rings. The van der Waals surface area contributed by atoms with Crippen molar-refractivity contribution in [1.82, 2.24) is 4.90 Å². The molecule has 3 heteroatoms. The molecule has 1 atom stereocenters. The molecule has 0 bridgehead atoms. The van der Waals surface area contributed by atoms with Crippen LogP contribution in [0.5, 0.6) is 0 Å². The van der Waals surface area contributed by atoms with Crippen LogP contribution >= 0.6 is 0 Å². The van der Waals surface area contributed by atoms with E-state index in [4.69, 9.17) is 5.11 Å². The number of aryl methyl sites for hydroxylation is 1. The molecule has 0 radical (unpaired) electrons. The van der Waals surface area contributed by atoms with Crippen molar-refractivity contribution in [3.05, 3.63) is 35.4 Å². The van der Waals surface area contributed by atoms with Crippen LogP contribution in [0.15, 0.2) is 24.3 Å². The zero-order valence-electron chi connectivity index (χ0n) is 13.6. The molecule has 0 spiro atoms. The van der Waals surface area contributed by atoms with Crippen molar-refractivity contribution in [2.45, 2.75) is 57.9 Å². The quantitative estimate of drug-likeness (QED) is 0.667. The van der Waals surface area contributed by atoms with Gasteiger partial charge in [-0.05, 0) is 44.5 Å². The van der Waals surface area contributed by atoms with Crippen molar-refractivity contribution >= 4 is 5.97 Å². The Morgan fingerprint density at radius 1 is 1.10 bits per heavy atom. The summed E-state index contributed by atoms with van der Waals surface area (Å²) in [6.45, 7) is 2.23. The van der Waals surface area contributed by atoms with E-state index in [-0.39, 0.29) is 12.5 Å². The Bertz CT molecular complexity index is 412. The van der Waals surface area contributed by atoms with Gasteiger partial charge in [0.15, 0.2) is 0 Å². The molecule has 0 aliphatic rings. The van der Waals surface area contributed by atoms with Gasteiger partial charge in [-0.25, -0.2) is 0 Å². The molecular weight excluding hydrogens is 262 g/mol. The summed E-state index contributed by atoms with van der Waals surface area (Å²) in [5.74, 6) is -0.735. The predicted octanol–water partition coefficient (Wildman–Crippen LogP) is 3.76. The highest BCUT2D eigenvalue weighted by atomic mass is 16.4. The van der Waals surface area contributed by atoms with E-state index in [0.29, 0.717) is 0 Å². The minimum atomic E-state index is -0.735. The van der Waals surface area contributed by atoms with Crippen LogP contribution in [0.2, 0.25) is 0 Å². The van der Waals surface area contributed by atoms with Crippen molar-refractivity contribution in [2.24, 2.45) is 0 Å². The molecule has 1 aromatic carbocycles. The van der Waals surface area contributed by atoms with Crippen LogP contribution in [0.4, 0.5) is 0 Å². The van der Waals surface area contributed by atoms with Crippen LogP contribution in [-0.2, 0) is 17.6 Å². The second-order valence-electron chi connectivity index (χ2n) is 6.05. The first kappa shape index (κ1) is 17.7. The summed E-state index contributed by atoms with van der Waals surface area (Å²) in [6, 6.07) is 8.72. The van der Waals surface area contributed by atoms with Gasteiger partial charge in [-0.1, -0.05) is 50.5 Å². The van der Waals surface area contributed by atoms with Crippen LogP contribution in [0.3, 0.4) is 0 Å². The number of rotatable bonds is 10. The Kier molecular flexibility index (Phi) is 8.06. The highest BCUT2D eigenvalue weighted by Gasteiger charge is 2.15. The number of hydrogen-bond donors (Lipinski definition) is 1. The minimum absolute atomic E-state index is 0.0536. The summed E-state index contributed by atoms with van der Waals surface area (Å²) in [5.41, 5.74) is 2.60. The van der Waals surface area contributed by atoms with E-state index in [0.717, 1.165) is 12.8 Å². The number of carboxylic acid groups (broad SMARTS) is 1. The number of benzene rings is 1. The average Bonchev–Trinajstić information content (AvgIpc) is 2.44. The number of aliphatic carboxylic acids is 1. The zero-order valence-corrected chi connectivity index (χ0v) is 13.6. The van der Waals surface area contributed by atoms with Gasteiger partial charge < -0.3 is 10.0 Å². The summed E-state index contributed by atoms with van der Waals surface area (Å²) in [6.07, 6.45) is 7.27. The molecular formula is C18H29NO2. The van der Waals surface area contributed by atoms with Gasteiger partial charge in [-0.15, -0.1) is 0 Å². The van der Waals surface area contributed by atoms with Crippen LogP contribution in [-0.4, -0.2) is 36.1 Å². The van der Waals surface area contributed by atoms with E-state index < -0.39 is 5.97 Å².